The Morgan fingerprint density at radius 3 is 3.00 bits per heavy atom. The number of nitrogens with one attached hydrogen (secondary N) is 1. The molecule has 0 amide bonds. The molecule has 2 saturated heterocycles. The number of fused-ring (bicyclic) bond motifs is 2. The third kappa shape index (κ3) is 2.14. The average Bonchev–Trinajstić information content (AvgIpc) is 3.32. The third-order valence-corrected chi connectivity index (χ3v) is 6.93. The van der Waals surface area contributed by atoms with E-state index in [2.05, 4.69) is 15.2 Å². The molecule has 1 aromatic rings. The summed E-state index contributed by atoms with van der Waals surface area (Å²) in [6.07, 6.45) is 9.79. The summed E-state index contributed by atoms with van der Waals surface area (Å²) in [5.41, 5.74) is 0.394. The fourth-order valence-corrected chi connectivity index (χ4v) is 5.90. The molecule has 2 aliphatic carbocycles. The molecule has 0 aromatic carbocycles. The first-order chi connectivity index (χ1) is 11.8. The van der Waals surface area contributed by atoms with E-state index in [1.165, 1.54) is 38.2 Å². The maximum absolute atomic E-state index is 14.0. The topological polar surface area (TPSA) is 37.4 Å². The third-order valence-electron chi connectivity index (χ3n) is 6.93. The molecule has 2 aliphatic heterocycles. The van der Waals surface area contributed by atoms with Gasteiger partial charge in [-0.2, -0.15) is 0 Å². The number of ether oxygens (including phenoxy) is 1. The highest BCUT2D eigenvalue weighted by molar-refractivity contribution is 5.41. The first-order valence-electron chi connectivity index (χ1n) is 9.51. The van der Waals surface area contributed by atoms with Gasteiger partial charge in [0, 0.05) is 49.3 Å². The molecular weight excluding hydrogens is 305 g/mol. The summed E-state index contributed by atoms with van der Waals surface area (Å²) in [7, 11) is 0. The molecule has 0 bridgehead atoms. The van der Waals surface area contributed by atoms with Gasteiger partial charge in [0.2, 0.25) is 0 Å². The van der Waals surface area contributed by atoms with Crippen molar-refractivity contribution in [2.24, 2.45) is 11.3 Å². The van der Waals surface area contributed by atoms with Crippen LogP contribution in [-0.2, 0) is 4.74 Å². The minimum atomic E-state index is -0.210. The van der Waals surface area contributed by atoms with E-state index in [0.717, 1.165) is 26.1 Å². The van der Waals surface area contributed by atoms with Crippen LogP contribution >= 0.6 is 0 Å². The largest absolute Gasteiger partial charge is 0.377 e. The van der Waals surface area contributed by atoms with Gasteiger partial charge in [0.15, 0.2) is 11.6 Å². The van der Waals surface area contributed by atoms with Crippen LogP contribution in [0.3, 0.4) is 0 Å². The van der Waals surface area contributed by atoms with E-state index in [1.807, 2.05) is 0 Å². The smallest absolute Gasteiger partial charge is 0.165 e. The minimum Gasteiger partial charge on any atom is -0.377 e. The molecule has 4 aliphatic rings. The van der Waals surface area contributed by atoms with Crippen LogP contribution in [0, 0.1) is 17.2 Å². The van der Waals surface area contributed by atoms with Gasteiger partial charge >= 0.3 is 0 Å². The van der Waals surface area contributed by atoms with Gasteiger partial charge < -0.3 is 15.0 Å². The molecule has 24 heavy (non-hydrogen) atoms. The highest BCUT2D eigenvalue weighted by Gasteiger charge is 2.64. The number of halogens is 1. The molecule has 2 saturated carbocycles. The molecule has 4 atom stereocenters. The summed E-state index contributed by atoms with van der Waals surface area (Å²) in [6.45, 7) is 2.68. The van der Waals surface area contributed by atoms with Crippen LogP contribution in [0.25, 0.3) is 0 Å². The number of hydrogen-bond donors (Lipinski definition) is 1. The van der Waals surface area contributed by atoms with Crippen molar-refractivity contribution in [3.63, 3.8) is 0 Å². The van der Waals surface area contributed by atoms with E-state index in [0.29, 0.717) is 35.3 Å². The lowest BCUT2D eigenvalue weighted by atomic mass is 9.54. The Kier molecular flexibility index (Phi) is 3.56. The van der Waals surface area contributed by atoms with Gasteiger partial charge in [-0.15, -0.1) is 0 Å². The van der Waals surface area contributed by atoms with Crippen molar-refractivity contribution < 1.29 is 9.13 Å². The Labute approximate surface area is 142 Å². The lowest BCUT2D eigenvalue weighted by molar-refractivity contribution is -0.132. The fourth-order valence-electron chi connectivity index (χ4n) is 5.90. The average molecular weight is 331 g/mol. The molecule has 0 unspecified atom stereocenters. The van der Waals surface area contributed by atoms with E-state index in [1.54, 1.807) is 12.3 Å². The Hall–Kier alpha value is -1.20. The van der Waals surface area contributed by atoms with E-state index in [4.69, 9.17) is 4.74 Å². The van der Waals surface area contributed by atoms with Crippen molar-refractivity contribution >= 4 is 5.82 Å². The summed E-state index contributed by atoms with van der Waals surface area (Å²) < 4.78 is 20.1. The Morgan fingerprint density at radius 2 is 2.17 bits per heavy atom. The first-order valence-corrected chi connectivity index (χ1v) is 9.51. The maximum Gasteiger partial charge on any atom is 0.165 e. The lowest BCUT2D eigenvalue weighted by Gasteiger charge is -2.57. The van der Waals surface area contributed by atoms with Crippen molar-refractivity contribution in [1.82, 2.24) is 10.3 Å². The predicted molar refractivity (Wildman–Crippen MR) is 90.5 cm³/mol. The molecule has 4 nitrogen and oxygen atoms in total. The normalized spacial score (nSPS) is 37.0. The number of anilines is 1. The summed E-state index contributed by atoms with van der Waals surface area (Å²) >= 11 is 0. The predicted octanol–water partition coefficient (Wildman–Crippen LogP) is 2.74. The van der Waals surface area contributed by atoms with E-state index < -0.39 is 0 Å². The van der Waals surface area contributed by atoms with Gasteiger partial charge in [-0.1, -0.05) is 12.8 Å². The molecule has 1 spiro atoms. The zero-order valence-electron chi connectivity index (χ0n) is 14.1. The molecule has 5 rings (SSSR count). The number of aromatic nitrogens is 1. The van der Waals surface area contributed by atoms with Crippen LogP contribution in [0.1, 0.15) is 38.5 Å². The lowest BCUT2D eigenvalue weighted by Crippen LogP contribution is -2.69. The second-order valence-electron chi connectivity index (χ2n) is 8.07. The molecule has 5 heteroatoms. The molecule has 0 radical (unpaired) electrons. The monoisotopic (exact) mass is 331 g/mol. The molecule has 1 aromatic heterocycles. The Morgan fingerprint density at radius 1 is 1.29 bits per heavy atom. The minimum absolute atomic E-state index is 0.210. The van der Waals surface area contributed by atoms with Crippen molar-refractivity contribution in [3.8, 4) is 0 Å². The molecular formula is C19H26FN3O. The van der Waals surface area contributed by atoms with Crippen LogP contribution < -0.4 is 10.2 Å². The number of rotatable bonds is 3. The van der Waals surface area contributed by atoms with Crippen LogP contribution in [-0.4, -0.2) is 42.9 Å². The number of hydrogen-bond acceptors (Lipinski definition) is 4. The summed E-state index contributed by atoms with van der Waals surface area (Å²) in [4.78, 5) is 6.33. The summed E-state index contributed by atoms with van der Waals surface area (Å²) in [5, 5.41) is 3.97. The van der Waals surface area contributed by atoms with Gasteiger partial charge in [0.05, 0.1) is 6.10 Å². The first kappa shape index (κ1) is 15.1. The zero-order valence-corrected chi connectivity index (χ0v) is 14.1. The SMILES string of the molecule is Fc1cccnc1N1CC[C@H](N[C@@H]2[C@@H]3CCO[C@@H]3C23CCCC3)C1. The maximum atomic E-state index is 14.0. The van der Waals surface area contributed by atoms with Gasteiger partial charge in [-0.25, -0.2) is 9.37 Å². The van der Waals surface area contributed by atoms with Crippen LogP contribution in [0.4, 0.5) is 10.2 Å². The van der Waals surface area contributed by atoms with E-state index >= 15 is 0 Å². The van der Waals surface area contributed by atoms with E-state index in [-0.39, 0.29) is 5.82 Å². The molecule has 1 N–H and O–H groups in total. The van der Waals surface area contributed by atoms with Gasteiger partial charge in [-0.05, 0) is 37.8 Å². The van der Waals surface area contributed by atoms with Crippen molar-refractivity contribution in [2.45, 2.75) is 56.7 Å². The highest BCUT2D eigenvalue weighted by Crippen LogP contribution is 2.60. The quantitative estimate of drug-likeness (QED) is 0.924. The Balaban J connectivity index is 1.28. The van der Waals surface area contributed by atoms with Crippen molar-refractivity contribution in [2.75, 3.05) is 24.6 Å². The van der Waals surface area contributed by atoms with Crippen molar-refractivity contribution in [3.05, 3.63) is 24.1 Å². The second-order valence-corrected chi connectivity index (χ2v) is 8.07. The molecule has 4 fully saturated rings. The number of pyridine rings is 1. The standard InChI is InChI=1S/C19H26FN3O/c20-15-4-3-9-21-18(15)23-10-5-13(12-23)22-16-14-6-11-24-17(14)19(16)7-1-2-8-19/h3-4,9,13-14,16-17,22H,1-2,5-8,10-12H2/t13-,14-,16+,17-/m0/s1. The van der Waals surface area contributed by atoms with Crippen LogP contribution in [0.2, 0.25) is 0 Å². The van der Waals surface area contributed by atoms with Crippen LogP contribution in [0.15, 0.2) is 18.3 Å². The van der Waals surface area contributed by atoms with Gasteiger partial charge in [0.25, 0.3) is 0 Å². The van der Waals surface area contributed by atoms with E-state index in [9.17, 15) is 4.39 Å². The second kappa shape index (κ2) is 5.67. The summed E-state index contributed by atoms with van der Waals surface area (Å²) in [5.74, 6) is 0.995. The molecule has 130 valence electrons. The van der Waals surface area contributed by atoms with Crippen LogP contribution in [0.5, 0.6) is 0 Å². The fraction of sp³-hybridized carbons (Fsp3) is 0.737. The van der Waals surface area contributed by atoms with Gasteiger partial charge in [-0.3, -0.25) is 0 Å². The van der Waals surface area contributed by atoms with Gasteiger partial charge in [0.1, 0.15) is 0 Å². The highest BCUT2D eigenvalue weighted by atomic mass is 19.1. The summed E-state index contributed by atoms with van der Waals surface area (Å²) in [6, 6.07) is 4.20. The molecule has 3 heterocycles. The number of nitrogens with zero attached hydrogens (tertiary/aromatic N) is 2. The Bertz CT molecular complexity index is 618. The van der Waals surface area contributed by atoms with Crippen molar-refractivity contribution in [1.29, 1.82) is 0 Å². The zero-order chi connectivity index (χ0) is 16.1.